The number of amides is 1. The van der Waals surface area contributed by atoms with Gasteiger partial charge in [0.1, 0.15) is 0 Å². The Labute approximate surface area is 183 Å². The first-order valence-corrected chi connectivity index (χ1v) is 11.3. The largest absolute Gasteiger partial charge is 0.454 e. The van der Waals surface area contributed by atoms with Crippen LogP contribution < -0.4 is 14.8 Å². The highest BCUT2D eigenvalue weighted by Gasteiger charge is 2.49. The van der Waals surface area contributed by atoms with Crippen LogP contribution >= 0.6 is 0 Å². The first-order chi connectivity index (χ1) is 15.1. The van der Waals surface area contributed by atoms with Crippen LogP contribution in [0, 0.1) is 5.92 Å². The summed E-state index contributed by atoms with van der Waals surface area (Å²) in [5.41, 5.74) is 1.52. The van der Waals surface area contributed by atoms with Crippen molar-refractivity contribution in [3.8, 4) is 11.5 Å². The van der Waals surface area contributed by atoms with Gasteiger partial charge in [0.2, 0.25) is 12.7 Å². The lowest BCUT2D eigenvalue weighted by Crippen LogP contribution is -2.56. The Morgan fingerprint density at radius 3 is 2.81 bits per heavy atom. The molecule has 1 saturated heterocycles. The van der Waals surface area contributed by atoms with Gasteiger partial charge < -0.3 is 19.9 Å². The summed E-state index contributed by atoms with van der Waals surface area (Å²) in [6.07, 6.45) is 4.70. The summed E-state index contributed by atoms with van der Waals surface area (Å²) in [6, 6.07) is 16.0. The Bertz CT molecular complexity index is 934. The van der Waals surface area contributed by atoms with E-state index in [9.17, 15) is 9.90 Å². The molecular weight excluding hydrogens is 392 g/mol. The summed E-state index contributed by atoms with van der Waals surface area (Å²) in [4.78, 5) is 15.1. The van der Waals surface area contributed by atoms with E-state index in [0.717, 1.165) is 48.3 Å². The summed E-state index contributed by atoms with van der Waals surface area (Å²) >= 11 is 0. The lowest BCUT2D eigenvalue weighted by Gasteiger charge is -2.52. The van der Waals surface area contributed by atoms with Crippen molar-refractivity contribution >= 4 is 5.91 Å². The molecule has 164 valence electrons. The van der Waals surface area contributed by atoms with Gasteiger partial charge in [-0.3, -0.25) is 9.69 Å². The zero-order valence-electron chi connectivity index (χ0n) is 17.8. The Morgan fingerprint density at radius 2 is 1.94 bits per heavy atom. The molecular formula is C25H30N2O4. The van der Waals surface area contributed by atoms with Crippen LogP contribution in [0.4, 0.5) is 0 Å². The van der Waals surface area contributed by atoms with E-state index in [-0.39, 0.29) is 24.7 Å². The highest BCUT2D eigenvalue weighted by molar-refractivity contribution is 5.78. The number of nitrogens with one attached hydrogen (secondary N) is 1. The van der Waals surface area contributed by atoms with Crippen molar-refractivity contribution in [1.82, 2.24) is 10.2 Å². The normalized spacial score (nSPS) is 27.5. The maximum Gasteiger partial charge on any atom is 0.234 e. The van der Waals surface area contributed by atoms with Gasteiger partial charge in [-0.25, -0.2) is 0 Å². The van der Waals surface area contributed by atoms with Gasteiger partial charge in [0.05, 0.1) is 12.1 Å². The van der Waals surface area contributed by atoms with E-state index >= 15 is 0 Å². The maximum absolute atomic E-state index is 12.8. The van der Waals surface area contributed by atoms with Gasteiger partial charge in [0, 0.05) is 25.0 Å². The quantitative estimate of drug-likeness (QED) is 0.773. The second kappa shape index (κ2) is 8.52. The number of likely N-dealkylation sites (tertiary alicyclic amines) is 1. The number of carbonyl (C=O) groups is 1. The van der Waals surface area contributed by atoms with Crippen LogP contribution in [0.3, 0.4) is 0 Å². The maximum atomic E-state index is 12.8. The third-order valence-corrected chi connectivity index (χ3v) is 7.09. The van der Waals surface area contributed by atoms with Crippen LogP contribution in [-0.4, -0.2) is 41.4 Å². The molecule has 1 aliphatic carbocycles. The topological polar surface area (TPSA) is 71.0 Å². The number of carbonyl (C=O) groups excluding carboxylic acids is 1. The average molecular weight is 423 g/mol. The Hall–Kier alpha value is -2.57. The highest BCUT2D eigenvalue weighted by Crippen LogP contribution is 2.50. The van der Waals surface area contributed by atoms with E-state index in [2.05, 4.69) is 16.3 Å². The van der Waals surface area contributed by atoms with Gasteiger partial charge in [0.25, 0.3) is 0 Å². The SMILES string of the molecule is O=C(CN1CC[C@]2(O)CCCC[C@@H]2[C@H]1c1ccc2c(c1)OCO2)NCc1ccccc1. The van der Waals surface area contributed by atoms with Gasteiger partial charge in [-0.15, -0.1) is 0 Å². The number of piperidine rings is 1. The monoisotopic (exact) mass is 422 g/mol. The molecule has 2 aromatic carbocycles. The number of hydrogen-bond acceptors (Lipinski definition) is 5. The minimum absolute atomic E-state index is 0.0100. The zero-order chi connectivity index (χ0) is 21.3. The van der Waals surface area contributed by atoms with Crippen LogP contribution in [0.2, 0.25) is 0 Å². The lowest BCUT2D eigenvalue weighted by molar-refractivity contribution is -0.138. The van der Waals surface area contributed by atoms with E-state index in [1.54, 1.807) is 0 Å². The van der Waals surface area contributed by atoms with E-state index < -0.39 is 5.60 Å². The molecule has 2 N–H and O–H groups in total. The number of aliphatic hydroxyl groups is 1. The molecule has 3 atom stereocenters. The predicted molar refractivity (Wildman–Crippen MR) is 117 cm³/mol. The first-order valence-electron chi connectivity index (χ1n) is 11.3. The predicted octanol–water partition coefficient (Wildman–Crippen LogP) is 3.40. The third kappa shape index (κ3) is 4.14. The van der Waals surface area contributed by atoms with Crippen molar-refractivity contribution in [3.63, 3.8) is 0 Å². The molecule has 2 aromatic rings. The van der Waals surface area contributed by atoms with Crippen LogP contribution in [-0.2, 0) is 11.3 Å². The first kappa shape index (κ1) is 20.3. The number of fused-ring (bicyclic) bond motifs is 2. The molecule has 0 unspecified atom stereocenters. The second-order valence-electron chi connectivity index (χ2n) is 9.00. The second-order valence-corrected chi connectivity index (χ2v) is 9.00. The van der Waals surface area contributed by atoms with Gasteiger partial charge >= 0.3 is 0 Å². The van der Waals surface area contributed by atoms with Gasteiger partial charge in [0.15, 0.2) is 11.5 Å². The van der Waals surface area contributed by atoms with Crippen molar-refractivity contribution in [3.05, 3.63) is 59.7 Å². The third-order valence-electron chi connectivity index (χ3n) is 7.09. The fourth-order valence-electron chi connectivity index (χ4n) is 5.50. The van der Waals surface area contributed by atoms with Crippen molar-refractivity contribution in [2.75, 3.05) is 19.9 Å². The molecule has 5 rings (SSSR count). The Kier molecular flexibility index (Phi) is 5.59. The molecule has 6 heteroatoms. The molecule has 0 aromatic heterocycles. The Morgan fingerprint density at radius 1 is 1.10 bits per heavy atom. The molecule has 2 heterocycles. The number of rotatable bonds is 5. The van der Waals surface area contributed by atoms with E-state index in [1.807, 2.05) is 42.5 Å². The number of nitrogens with zero attached hydrogens (tertiary/aromatic N) is 1. The van der Waals surface area contributed by atoms with Crippen LogP contribution in [0.25, 0.3) is 0 Å². The minimum Gasteiger partial charge on any atom is -0.454 e. The fraction of sp³-hybridized carbons (Fsp3) is 0.480. The summed E-state index contributed by atoms with van der Waals surface area (Å²) in [7, 11) is 0. The number of hydrogen-bond donors (Lipinski definition) is 2. The molecule has 3 aliphatic rings. The summed E-state index contributed by atoms with van der Waals surface area (Å²) in [5.74, 6) is 1.62. The van der Waals surface area contributed by atoms with Gasteiger partial charge in [-0.1, -0.05) is 49.2 Å². The van der Waals surface area contributed by atoms with Crippen molar-refractivity contribution < 1.29 is 19.4 Å². The van der Waals surface area contributed by atoms with Gasteiger partial charge in [-0.2, -0.15) is 0 Å². The summed E-state index contributed by atoms with van der Waals surface area (Å²) in [6.45, 7) is 1.78. The number of ether oxygens (including phenoxy) is 2. The van der Waals surface area contributed by atoms with Crippen LogP contribution in [0.15, 0.2) is 48.5 Å². The summed E-state index contributed by atoms with van der Waals surface area (Å²) < 4.78 is 11.1. The fourth-order valence-corrected chi connectivity index (χ4v) is 5.50. The molecule has 0 radical (unpaired) electrons. The molecule has 2 aliphatic heterocycles. The van der Waals surface area contributed by atoms with Crippen molar-refractivity contribution in [2.24, 2.45) is 5.92 Å². The van der Waals surface area contributed by atoms with Crippen LogP contribution in [0.1, 0.15) is 49.3 Å². The molecule has 31 heavy (non-hydrogen) atoms. The smallest absolute Gasteiger partial charge is 0.234 e. The van der Waals surface area contributed by atoms with Crippen molar-refractivity contribution in [2.45, 2.75) is 50.3 Å². The molecule has 6 nitrogen and oxygen atoms in total. The lowest BCUT2D eigenvalue weighted by atomic mass is 9.66. The van der Waals surface area contributed by atoms with Crippen molar-refractivity contribution in [1.29, 1.82) is 0 Å². The summed E-state index contributed by atoms with van der Waals surface area (Å²) in [5, 5.41) is 14.5. The average Bonchev–Trinajstić information content (AvgIpc) is 3.26. The molecule has 0 spiro atoms. The molecule has 1 saturated carbocycles. The van der Waals surface area contributed by atoms with Crippen LogP contribution in [0.5, 0.6) is 11.5 Å². The standard InChI is InChI=1S/C25H30N2O4/c28-23(26-15-18-6-2-1-3-7-18)16-27-13-12-25(29)11-5-4-8-20(25)24(27)19-9-10-21-22(14-19)31-17-30-21/h1-3,6-7,9-10,14,20,24,29H,4-5,8,11-13,15-17H2,(H,26,28)/t20-,24-,25-/m1/s1. The molecule has 2 fully saturated rings. The molecule has 1 amide bonds. The molecule has 0 bridgehead atoms. The number of benzene rings is 2. The highest BCUT2D eigenvalue weighted by atomic mass is 16.7. The zero-order valence-corrected chi connectivity index (χ0v) is 17.8. The minimum atomic E-state index is -0.656. The van der Waals surface area contributed by atoms with E-state index in [4.69, 9.17) is 9.47 Å². The Balaban J connectivity index is 1.36. The van der Waals surface area contributed by atoms with Gasteiger partial charge in [-0.05, 0) is 42.5 Å². The van der Waals surface area contributed by atoms with E-state index in [0.29, 0.717) is 26.1 Å². The van der Waals surface area contributed by atoms with E-state index in [1.165, 1.54) is 0 Å².